The van der Waals surface area contributed by atoms with Gasteiger partial charge in [-0.15, -0.1) is 0 Å². The SMILES string of the molecule is COc1cc([C@H]2Nc3ccc4ncccc4c3C3=C2C(=O)CC(C)(C)C3)ccc1OC(=O)c1ccc(Cl)cc1. The first-order valence-corrected chi connectivity index (χ1v) is 13.2. The lowest BCUT2D eigenvalue weighted by Crippen LogP contribution is -2.33. The van der Waals surface area contributed by atoms with Crippen molar-refractivity contribution in [2.45, 2.75) is 32.7 Å². The van der Waals surface area contributed by atoms with Crippen LogP contribution in [0.3, 0.4) is 0 Å². The van der Waals surface area contributed by atoms with Crippen molar-refractivity contribution >= 4 is 45.5 Å². The van der Waals surface area contributed by atoms with Crippen LogP contribution in [0.5, 0.6) is 11.5 Å². The molecule has 6 rings (SSSR count). The Kier molecular flexibility index (Phi) is 6.15. The molecule has 0 amide bonds. The van der Waals surface area contributed by atoms with Crippen molar-refractivity contribution in [2.24, 2.45) is 5.41 Å². The summed E-state index contributed by atoms with van der Waals surface area (Å²) < 4.78 is 11.3. The highest BCUT2D eigenvalue weighted by molar-refractivity contribution is 6.30. The van der Waals surface area contributed by atoms with E-state index < -0.39 is 5.97 Å². The number of hydrogen-bond donors (Lipinski definition) is 1. The van der Waals surface area contributed by atoms with Crippen LogP contribution in [0.4, 0.5) is 5.69 Å². The third kappa shape index (κ3) is 4.55. The summed E-state index contributed by atoms with van der Waals surface area (Å²) in [4.78, 5) is 31.0. The van der Waals surface area contributed by atoms with E-state index in [-0.39, 0.29) is 17.2 Å². The lowest BCUT2D eigenvalue weighted by molar-refractivity contribution is -0.118. The van der Waals surface area contributed by atoms with Crippen molar-refractivity contribution in [2.75, 3.05) is 12.4 Å². The summed E-state index contributed by atoms with van der Waals surface area (Å²) in [7, 11) is 1.53. The zero-order valence-electron chi connectivity index (χ0n) is 21.9. The standard InChI is InChI=1S/C32H27ClN2O4/c1-32(2)16-22-28-21-5-4-14-34-23(21)11-12-24(28)35-30(29(22)25(36)17-32)19-8-13-26(27(15-19)38-3)39-31(37)18-6-9-20(33)10-7-18/h4-15,30,35H,16-17H2,1-3H3/t30-/m1/s1. The second-order valence-electron chi connectivity index (χ2n) is 10.8. The normalized spacial score (nSPS) is 17.7. The monoisotopic (exact) mass is 538 g/mol. The van der Waals surface area contributed by atoms with Crippen LogP contribution >= 0.6 is 11.6 Å². The molecule has 1 atom stereocenters. The molecule has 1 aromatic heterocycles. The van der Waals surface area contributed by atoms with Gasteiger partial charge in [-0.3, -0.25) is 9.78 Å². The van der Waals surface area contributed by atoms with E-state index in [9.17, 15) is 9.59 Å². The van der Waals surface area contributed by atoms with Crippen molar-refractivity contribution < 1.29 is 19.1 Å². The fourth-order valence-corrected chi connectivity index (χ4v) is 5.79. The van der Waals surface area contributed by atoms with E-state index >= 15 is 0 Å². The van der Waals surface area contributed by atoms with Crippen molar-refractivity contribution in [3.8, 4) is 11.5 Å². The van der Waals surface area contributed by atoms with E-state index in [2.05, 4.69) is 30.2 Å². The van der Waals surface area contributed by atoms with Gasteiger partial charge in [0, 0.05) is 39.9 Å². The van der Waals surface area contributed by atoms with E-state index in [1.807, 2.05) is 30.3 Å². The van der Waals surface area contributed by atoms with Crippen LogP contribution in [-0.4, -0.2) is 23.8 Å². The van der Waals surface area contributed by atoms with E-state index in [0.29, 0.717) is 28.5 Å². The average Bonchev–Trinajstić information content (AvgIpc) is 2.92. The number of carbonyl (C=O) groups is 2. The van der Waals surface area contributed by atoms with E-state index in [1.165, 1.54) is 7.11 Å². The van der Waals surface area contributed by atoms with Gasteiger partial charge >= 0.3 is 5.97 Å². The molecular formula is C32H27ClN2O4. The molecule has 1 aliphatic carbocycles. The van der Waals surface area contributed by atoms with Crippen LogP contribution in [-0.2, 0) is 4.79 Å². The lowest BCUT2D eigenvalue weighted by atomic mass is 9.68. The van der Waals surface area contributed by atoms with Crippen molar-refractivity contribution in [1.29, 1.82) is 0 Å². The number of pyridine rings is 1. The maximum absolute atomic E-state index is 13.7. The summed E-state index contributed by atoms with van der Waals surface area (Å²) in [6.07, 6.45) is 3.03. The van der Waals surface area contributed by atoms with E-state index in [1.54, 1.807) is 36.5 Å². The third-order valence-electron chi connectivity index (χ3n) is 7.40. The first kappa shape index (κ1) is 25.1. The summed E-state index contributed by atoms with van der Waals surface area (Å²) in [6.45, 7) is 4.28. The predicted molar refractivity (Wildman–Crippen MR) is 152 cm³/mol. The number of Topliss-reactive ketones (excluding diaryl/α,β-unsaturated/α-hetero) is 1. The molecule has 196 valence electrons. The Hall–Kier alpha value is -4.16. The molecule has 0 unspecified atom stereocenters. The molecule has 7 heteroatoms. The number of hydrogen-bond acceptors (Lipinski definition) is 6. The van der Waals surface area contributed by atoms with E-state index in [0.717, 1.165) is 45.3 Å². The number of allylic oxidation sites excluding steroid dienone is 1. The number of nitrogens with one attached hydrogen (secondary N) is 1. The first-order chi connectivity index (χ1) is 18.7. The Labute approximate surface area is 231 Å². The fourth-order valence-electron chi connectivity index (χ4n) is 5.66. The molecular weight excluding hydrogens is 512 g/mol. The molecule has 3 aromatic carbocycles. The predicted octanol–water partition coefficient (Wildman–Crippen LogP) is 7.43. The molecule has 0 saturated heterocycles. The zero-order valence-corrected chi connectivity index (χ0v) is 22.6. The molecule has 2 aliphatic rings. The fraction of sp³-hybridized carbons (Fsp3) is 0.219. The number of benzene rings is 3. The van der Waals surface area contributed by atoms with Crippen molar-refractivity contribution in [3.63, 3.8) is 0 Å². The second-order valence-corrected chi connectivity index (χ2v) is 11.2. The van der Waals surface area contributed by atoms with Gasteiger partial charge in [-0.2, -0.15) is 0 Å². The maximum atomic E-state index is 13.7. The number of ether oxygens (including phenoxy) is 2. The number of ketones is 1. The van der Waals surface area contributed by atoms with Gasteiger partial charge < -0.3 is 14.8 Å². The van der Waals surface area contributed by atoms with E-state index in [4.69, 9.17) is 21.1 Å². The molecule has 39 heavy (non-hydrogen) atoms. The summed E-state index contributed by atoms with van der Waals surface area (Å²) in [5.74, 6) is 0.302. The Bertz CT molecular complexity index is 1670. The molecule has 0 spiro atoms. The topological polar surface area (TPSA) is 77.5 Å². The van der Waals surface area contributed by atoms with Crippen LogP contribution < -0.4 is 14.8 Å². The van der Waals surface area contributed by atoms with Gasteiger partial charge in [0.15, 0.2) is 17.3 Å². The minimum Gasteiger partial charge on any atom is -0.493 e. The summed E-state index contributed by atoms with van der Waals surface area (Å²) >= 11 is 5.94. The smallest absolute Gasteiger partial charge is 0.343 e. The highest BCUT2D eigenvalue weighted by Crippen LogP contribution is 2.52. The van der Waals surface area contributed by atoms with Gasteiger partial charge in [0.25, 0.3) is 0 Å². The molecule has 0 fully saturated rings. The summed E-state index contributed by atoms with van der Waals surface area (Å²) in [5, 5.41) is 5.19. The van der Waals surface area contributed by atoms with Gasteiger partial charge in [0.05, 0.1) is 24.2 Å². The molecule has 1 aliphatic heterocycles. The lowest BCUT2D eigenvalue weighted by Gasteiger charge is -2.40. The van der Waals surface area contributed by atoms with Gasteiger partial charge in [-0.25, -0.2) is 4.79 Å². The third-order valence-corrected chi connectivity index (χ3v) is 7.65. The Morgan fingerprint density at radius 3 is 2.59 bits per heavy atom. The molecule has 0 radical (unpaired) electrons. The minimum atomic E-state index is -0.516. The highest BCUT2D eigenvalue weighted by atomic mass is 35.5. The maximum Gasteiger partial charge on any atom is 0.343 e. The van der Waals surface area contributed by atoms with Crippen molar-refractivity contribution in [3.05, 3.63) is 100 Å². The Morgan fingerprint density at radius 1 is 1.03 bits per heavy atom. The van der Waals surface area contributed by atoms with Gasteiger partial charge in [-0.1, -0.05) is 37.6 Å². The number of nitrogens with zero attached hydrogens (tertiary/aromatic N) is 1. The molecule has 2 heterocycles. The number of anilines is 1. The number of esters is 1. The Morgan fingerprint density at radius 2 is 1.82 bits per heavy atom. The molecule has 4 aromatic rings. The number of halogens is 1. The van der Waals surface area contributed by atoms with Crippen molar-refractivity contribution in [1.82, 2.24) is 4.98 Å². The summed E-state index contributed by atoms with van der Waals surface area (Å²) in [6, 6.07) is 19.6. The summed E-state index contributed by atoms with van der Waals surface area (Å²) in [5.41, 5.74) is 5.80. The van der Waals surface area contributed by atoms with Gasteiger partial charge in [0.1, 0.15) is 0 Å². The minimum absolute atomic E-state index is 0.127. The first-order valence-electron chi connectivity index (χ1n) is 12.8. The van der Waals surface area contributed by atoms with Gasteiger partial charge in [0.2, 0.25) is 0 Å². The molecule has 0 saturated carbocycles. The van der Waals surface area contributed by atoms with Crippen LogP contribution in [0.15, 0.2) is 78.5 Å². The van der Waals surface area contributed by atoms with Gasteiger partial charge in [-0.05, 0) is 77.6 Å². The molecule has 1 N–H and O–H groups in total. The second kappa shape index (κ2) is 9.54. The molecule has 0 bridgehead atoms. The number of fused-ring (bicyclic) bond motifs is 4. The van der Waals surface area contributed by atoms with Crippen LogP contribution in [0.1, 0.15) is 54.2 Å². The zero-order chi connectivity index (χ0) is 27.3. The highest BCUT2D eigenvalue weighted by Gasteiger charge is 2.41. The number of rotatable bonds is 4. The average molecular weight is 539 g/mol. The van der Waals surface area contributed by atoms with Crippen LogP contribution in [0.25, 0.3) is 16.5 Å². The number of carbonyl (C=O) groups excluding carboxylic acids is 2. The Balaban J connectivity index is 1.42. The van der Waals surface area contributed by atoms with Crippen LogP contribution in [0.2, 0.25) is 5.02 Å². The van der Waals surface area contributed by atoms with Crippen LogP contribution in [0, 0.1) is 5.41 Å². The molecule has 6 nitrogen and oxygen atoms in total. The number of aromatic nitrogens is 1. The largest absolute Gasteiger partial charge is 0.493 e. The number of methoxy groups -OCH3 is 1. The quantitative estimate of drug-likeness (QED) is 0.215.